The maximum absolute atomic E-state index is 14.5. The van der Waals surface area contributed by atoms with E-state index in [2.05, 4.69) is 81.1 Å². The van der Waals surface area contributed by atoms with Gasteiger partial charge in [-0.1, -0.05) is 55.4 Å². The molecular formula is C63H81N13O6S. The molecule has 6 aliphatic rings. The molecule has 9 heterocycles. The third kappa shape index (κ3) is 12.0. The fourth-order valence-corrected chi connectivity index (χ4v) is 15.2. The maximum Gasteiger partial charge on any atom is 0.243 e. The van der Waals surface area contributed by atoms with E-state index in [1.54, 1.807) is 28.4 Å². The van der Waals surface area contributed by atoms with E-state index in [0.29, 0.717) is 64.7 Å². The van der Waals surface area contributed by atoms with Crippen molar-refractivity contribution < 1.29 is 29.1 Å². The molecule has 5 N–H and O–H groups in total. The molecule has 6 aromatic rings. The summed E-state index contributed by atoms with van der Waals surface area (Å²) < 4.78 is 12.6. The number of piperazine rings is 2. The van der Waals surface area contributed by atoms with Gasteiger partial charge in [0.1, 0.15) is 23.8 Å². The van der Waals surface area contributed by atoms with Crippen LogP contribution in [0.4, 0.5) is 23.0 Å². The monoisotopic (exact) mass is 1150 g/mol. The van der Waals surface area contributed by atoms with Crippen LogP contribution in [0, 0.1) is 24.7 Å². The Kier molecular flexibility index (Phi) is 16.4. The van der Waals surface area contributed by atoms with Crippen LogP contribution in [0.15, 0.2) is 89.0 Å². The Labute approximate surface area is 491 Å². The number of amides is 2. The topological polar surface area (TPSA) is 219 Å². The minimum absolute atomic E-state index is 0.0863. The summed E-state index contributed by atoms with van der Waals surface area (Å²) in [5.74, 6) is 2.38. The third-order valence-corrected chi connectivity index (χ3v) is 19.8. The summed E-state index contributed by atoms with van der Waals surface area (Å²) in [5.41, 5.74) is 14.5. The summed E-state index contributed by atoms with van der Waals surface area (Å²) in [6.45, 7) is 20.4. The Bertz CT molecular complexity index is 3210. The van der Waals surface area contributed by atoms with Gasteiger partial charge in [0.2, 0.25) is 17.7 Å². The summed E-state index contributed by atoms with van der Waals surface area (Å²) in [6.07, 6.45) is 7.78. The first-order valence-corrected chi connectivity index (χ1v) is 31.0. The Balaban J connectivity index is 0.580. The largest absolute Gasteiger partial charge is 0.507 e. The predicted octanol–water partition coefficient (Wildman–Crippen LogP) is 8.15. The summed E-state index contributed by atoms with van der Waals surface area (Å²) >= 11 is 1.60. The van der Waals surface area contributed by atoms with Gasteiger partial charge >= 0.3 is 0 Å². The van der Waals surface area contributed by atoms with E-state index in [-0.39, 0.29) is 48.6 Å². The van der Waals surface area contributed by atoms with Gasteiger partial charge in [-0.3, -0.25) is 19.4 Å². The van der Waals surface area contributed by atoms with E-state index >= 15 is 0 Å². The number of hydrogen-bond donors (Lipinski definition) is 4. The molecule has 5 saturated heterocycles. The highest BCUT2D eigenvalue weighted by Crippen LogP contribution is 2.42. The molecule has 2 amide bonds. The number of anilines is 4. The number of aromatic nitrogens is 5. The van der Waals surface area contributed by atoms with Crippen molar-refractivity contribution in [1.29, 1.82) is 0 Å². The highest BCUT2D eigenvalue weighted by Gasteiger charge is 2.45. The number of pyridine rings is 1. The smallest absolute Gasteiger partial charge is 0.243 e. The number of nitrogens with one attached hydrogen (secondary N) is 1. The lowest BCUT2D eigenvalue weighted by Crippen LogP contribution is -2.59. The highest BCUT2D eigenvalue weighted by atomic mass is 32.1. The molecule has 0 spiro atoms. The van der Waals surface area contributed by atoms with Crippen LogP contribution < -0.4 is 30.5 Å². The number of benzene rings is 2. The number of rotatable bonds is 17. The normalized spacial score (nSPS) is 25.9. The number of β-amino-alcohol motifs (C(OH)–C–C–N with tert-alkyl or cyclic N) is 1. The summed E-state index contributed by atoms with van der Waals surface area (Å²) in [7, 11) is 0. The molecule has 20 heteroatoms. The van der Waals surface area contributed by atoms with Crippen molar-refractivity contribution in [1.82, 2.24) is 45.3 Å². The molecule has 8 atom stereocenters. The Morgan fingerprint density at radius 3 is 2.28 bits per heavy atom. The van der Waals surface area contributed by atoms with Gasteiger partial charge in [0.05, 0.1) is 39.6 Å². The number of aryl methyl sites for hydroxylation is 1. The van der Waals surface area contributed by atoms with Gasteiger partial charge in [0.25, 0.3) is 0 Å². The molecule has 83 heavy (non-hydrogen) atoms. The number of nitrogens with zero attached hydrogens (tertiary/aromatic N) is 11. The van der Waals surface area contributed by atoms with Crippen LogP contribution in [0.2, 0.25) is 0 Å². The molecule has 5 aliphatic heterocycles. The highest BCUT2D eigenvalue weighted by molar-refractivity contribution is 7.13. The number of carbonyl (C=O) groups is 2. The maximum atomic E-state index is 14.5. The Hall–Kier alpha value is -6.87. The number of nitrogen functional groups attached to an aromatic ring is 1. The minimum atomic E-state index is -0.802. The van der Waals surface area contributed by atoms with Crippen LogP contribution in [-0.4, -0.2) is 163 Å². The standard InChI is InChI=1S/C63H81N13O6S/c1-37(2)59(63(80)75-35-49(77)26-54(75)62(79)67-40(5)44-11-13-45(14-12-44)60-41(6)66-36-83-60)56-28-57(70-82-56)72-21-18-42(19-22-72)31-71-29-38(3)74(39(4)30-71)32-43-23-50(24-43)81-58-25-46(17-20-65-58)76-47-15-16-48(76)34-73(33-47)53-27-52(68-69-61(53)64)51-9-7-8-10-55(51)78/h7-14,17,20,25,27-28,36-40,42-43,47-50,54,59,77-78H,15-16,18-19,21-24,26,29-35H2,1-6H3,(H2,64,69)(H,67,79)/t38?,39?,40-,43?,47?,48?,49+,50?,54-,59+/m0/s1. The van der Waals surface area contributed by atoms with Crippen LogP contribution >= 0.6 is 11.3 Å². The van der Waals surface area contributed by atoms with Crippen molar-refractivity contribution >= 4 is 46.2 Å². The predicted molar refractivity (Wildman–Crippen MR) is 322 cm³/mol. The summed E-state index contributed by atoms with van der Waals surface area (Å²) in [4.78, 5) is 52.6. The fraction of sp³-hybridized carbons (Fsp3) is 0.540. The number of likely N-dealkylation sites (tertiary alicyclic amines) is 1. The minimum Gasteiger partial charge on any atom is -0.507 e. The van der Waals surface area contributed by atoms with Crippen molar-refractivity contribution in [2.75, 3.05) is 79.3 Å². The van der Waals surface area contributed by atoms with Crippen molar-refractivity contribution in [2.45, 2.75) is 141 Å². The number of piperidine rings is 1. The van der Waals surface area contributed by atoms with Crippen LogP contribution in [0.5, 0.6) is 11.6 Å². The lowest BCUT2D eigenvalue weighted by atomic mass is 9.81. The van der Waals surface area contributed by atoms with Gasteiger partial charge in [-0.2, -0.15) is 0 Å². The van der Waals surface area contributed by atoms with Crippen LogP contribution in [0.25, 0.3) is 21.7 Å². The molecule has 0 radical (unpaired) electrons. The average Bonchev–Trinajstić information content (AvgIpc) is 4.41. The van der Waals surface area contributed by atoms with Crippen molar-refractivity contribution in [3.05, 3.63) is 102 Å². The Morgan fingerprint density at radius 1 is 0.843 bits per heavy atom. The molecule has 2 bridgehead atoms. The molecule has 19 nitrogen and oxygen atoms in total. The molecule has 1 saturated carbocycles. The Morgan fingerprint density at radius 2 is 1.58 bits per heavy atom. The molecule has 4 aromatic heterocycles. The molecule has 2 aromatic carbocycles. The van der Waals surface area contributed by atoms with E-state index in [4.69, 9.17) is 15.0 Å². The van der Waals surface area contributed by atoms with Gasteiger partial charge in [0.15, 0.2) is 17.4 Å². The average molecular weight is 1150 g/mol. The first kappa shape index (κ1) is 56.6. The third-order valence-electron chi connectivity index (χ3n) is 18.8. The molecular weight excluding hydrogens is 1070 g/mol. The zero-order valence-electron chi connectivity index (χ0n) is 48.8. The zero-order chi connectivity index (χ0) is 57.6. The number of fused-ring (bicyclic) bond motifs is 2. The van der Waals surface area contributed by atoms with E-state index in [1.807, 2.05) is 87.9 Å². The zero-order valence-corrected chi connectivity index (χ0v) is 49.6. The number of ether oxygens (including phenoxy) is 1. The second-order valence-corrected chi connectivity index (χ2v) is 25.9. The molecule has 4 unspecified atom stereocenters. The van der Waals surface area contributed by atoms with Gasteiger partial charge in [-0.15, -0.1) is 21.5 Å². The number of hydrogen-bond acceptors (Lipinski definition) is 18. The second-order valence-electron chi connectivity index (χ2n) is 25.0. The molecule has 440 valence electrons. The van der Waals surface area contributed by atoms with Gasteiger partial charge in [-0.05, 0) is 119 Å². The number of aliphatic hydroxyl groups excluding tert-OH is 1. The summed E-state index contributed by atoms with van der Waals surface area (Å²) in [5, 5.41) is 37.6. The molecule has 12 rings (SSSR count). The van der Waals surface area contributed by atoms with Gasteiger partial charge in [-0.25, -0.2) is 9.97 Å². The fourth-order valence-electron chi connectivity index (χ4n) is 14.4. The quantitative estimate of drug-likeness (QED) is 0.0677. The number of nitrogens with two attached hydrogens (primary N) is 1. The summed E-state index contributed by atoms with van der Waals surface area (Å²) in [6, 6.07) is 23.9. The van der Waals surface area contributed by atoms with Gasteiger partial charge < -0.3 is 50.1 Å². The number of aliphatic hydroxyl groups is 1. The van der Waals surface area contributed by atoms with Crippen LogP contribution in [0.3, 0.4) is 0 Å². The van der Waals surface area contributed by atoms with Crippen molar-refractivity contribution in [2.24, 2.45) is 17.8 Å². The van der Waals surface area contributed by atoms with Crippen molar-refractivity contribution in [3.63, 3.8) is 0 Å². The molecule has 6 fully saturated rings. The SMILES string of the molecule is Cc1ncsc1-c1ccc([C@H](C)NC(=O)[C@@H]2C[C@@H](O)CN2C(=O)[C@@H](c2cc(N3CCC(CN4CC(C)N(CC5CC(Oc6cc(N7C8CCC7CN(c7cc(-c9ccccc9O)nnc7N)C8)ccn6)C5)C(C)C4)CC3)no2)C(C)C)cc1. The number of para-hydroxylation sites is 1. The number of thiazole rings is 1. The van der Waals surface area contributed by atoms with Crippen LogP contribution in [0.1, 0.15) is 109 Å². The number of phenols is 1. The van der Waals surface area contributed by atoms with E-state index in [1.165, 1.54) is 0 Å². The van der Waals surface area contributed by atoms with Gasteiger partial charge in [0, 0.05) is 119 Å². The lowest BCUT2D eigenvalue weighted by molar-refractivity contribution is -0.141. The lowest BCUT2D eigenvalue weighted by Gasteiger charge is -2.48. The number of carbonyl (C=O) groups excluding carboxylic acids is 2. The van der Waals surface area contributed by atoms with Crippen molar-refractivity contribution in [3.8, 4) is 33.3 Å². The first-order valence-electron chi connectivity index (χ1n) is 30.2. The van der Waals surface area contributed by atoms with E-state index in [9.17, 15) is 19.8 Å². The van der Waals surface area contributed by atoms with Crippen LogP contribution in [-0.2, 0) is 9.59 Å². The van der Waals surface area contributed by atoms with E-state index < -0.39 is 18.1 Å². The van der Waals surface area contributed by atoms with E-state index in [0.717, 1.165) is 130 Å². The molecule has 1 aliphatic carbocycles. The first-order chi connectivity index (χ1) is 40.1. The number of aromatic hydroxyl groups is 1. The number of phenolic OH excluding ortho intramolecular Hbond substituents is 1. The second kappa shape index (κ2) is 24.0.